The number of hydrogen-bond donors (Lipinski definition) is 0. The second-order valence-corrected chi connectivity index (χ2v) is 7.25. The molecule has 2 rings (SSSR count). The van der Waals surface area contributed by atoms with E-state index in [9.17, 15) is 4.79 Å². The van der Waals surface area contributed by atoms with Crippen molar-refractivity contribution < 1.29 is 4.79 Å². The normalized spacial score (nSPS) is 11.1. The van der Waals surface area contributed by atoms with Gasteiger partial charge in [0.05, 0.1) is 6.66 Å². The molecule has 0 heterocycles. The summed E-state index contributed by atoms with van der Waals surface area (Å²) in [4.78, 5) is 11.5. The number of benzene rings is 2. The summed E-state index contributed by atoms with van der Waals surface area (Å²) in [6, 6.07) is 21.2. The van der Waals surface area contributed by atoms with Crippen molar-refractivity contribution in [3.63, 3.8) is 0 Å². The maximum atomic E-state index is 11.5. The van der Waals surface area contributed by atoms with Crippen molar-refractivity contribution in [2.75, 3.05) is 6.66 Å². The zero-order chi connectivity index (χ0) is 11.4. The Labute approximate surface area is 96.5 Å². The predicted octanol–water partition coefficient (Wildman–Crippen LogP) is 2.48. The van der Waals surface area contributed by atoms with E-state index in [1.807, 2.05) is 60.7 Å². The largest absolute Gasteiger partial charge is 0.266 e. The molecular formula is C14H14OP+. The molecule has 16 heavy (non-hydrogen) atoms. The second kappa shape index (κ2) is 4.59. The molecule has 0 aliphatic rings. The van der Waals surface area contributed by atoms with E-state index in [-0.39, 0.29) is 0 Å². The Morgan fingerprint density at radius 1 is 0.812 bits per heavy atom. The quantitative estimate of drug-likeness (QED) is 0.583. The fraction of sp³-hybridized carbons (Fsp3) is 0.0714. The average molecular weight is 229 g/mol. The summed E-state index contributed by atoms with van der Waals surface area (Å²) < 4.78 is 0. The molecule has 0 unspecified atom stereocenters. The zero-order valence-corrected chi connectivity index (χ0v) is 10.1. The van der Waals surface area contributed by atoms with Crippen LogP contribution in [0, 0.1) is 0 Å². The van der Waals surface area contributed by atoms with Gasteiger partial charge in [0.25, 0.3) is 6.03 Å². The van der Waals surface area contributed by atoms with Crippen LogP contribution in [0.5, 0.6) is 0 Å². The Bertz CT molecular complexity index is 425. The molecule has 0 aromatic heterocycles. The highest BCUT2D eigenvalue weighted by Gasteiger charge is 2.37. The van der Waals surface area contributed by atoms with Crippen molar-refractivity contribution in [1.29, 1.82) is 0 Å². The summed E-state index contributed by atoms with van der Waals surface area (Å²) in [5.41, 5.74) is 0. The third kappa shape index (κ3) is 1.91. The van der Waals surface area contributed by atoms with Gasteiger partial charge < -0.3 is 0 Å². The van der Waals surface area contributed by atoms with Crippen molar-refractivity contribution in [3.8, 4) is 0 Å². The molecule has 0 aliphatic heterocycles. The highest BCUT2D eigenvalue weighted by molar-refractivity contribution is 8.00. The van der Waals surface area contributed by atoms with Crippen molar-refractivity contribution in [1.82, 2.24) is 0 Å². The summed E-state index contributed by atoms with van der Waals surface area (Å²) >= 11 is 0. The first-order valence-electron chi connectivity index (χ1n) is 5.21. The predicted molar refractivity (Wildman–Crippen MR) is 71.7 cm³/mol. The van der Waals surface area contributed by atoms with E-state index in [1.165, 1.54) is 0 Å². The molecule has 0 radical (unpaired) electrons. The van der Waals surface area contributed by atoms with Gasteiger partial charge in [0.15, 0.2) is 0 Å². The van der Waals surface area contributed by atoms with Crippen LogP contribution in [0.1, 0.15) is 0 Å². The molecule has 0 saturated carbocycles. The fourth-order valence-electron chi connectivity index (χ4n) is 1.75. The van der Waals surface area contributed by atoms with Crippen LogP contribution < -0.4 is 10.6 Å². The van der Waals surface area contributed by atoms with Gasteiger partial charge in [0.1, 0.15) is 17.9 Å². The van der Waals surface area contributed by atoms with Gasteiger partial charge in [-0.25, -0.2) is 0 Å². The van der Waals surface area contributed by atoms with Crippen molar-refractivity contribution >= 4 is 23.9 Å². The molecule has 2 aromatic rings. The van der Waals surface area contributed by atoms with Crippen LogP contribution in [0.2, 0.25) is 0 Å². The van der Waals surface area contributed by atoms with Gasteiger partial charge in [-0.15, -0.1) is 0 Å². The first kappa shape index (κ1) is 11.0. The Morgan fingerprint density at radius 3 is 1.50 bits per heavy atom. The first-order valence-corrected chi connectivity index (χ1v) is 7.51. The Morgan fingerprint density at radius 2 is 1.19 bits per heavy atom. The lowest BCUT2D eigenvalue weighted by Crippen LogP contribution is -2.21. The molecule has 1 nitrogen and oxygen atoms in total. The smallest absolute Gasteiger partial charge is 0.256 e. The third-order valence-corrected chi connectivity index (χ3v) is 5.96. The number of rotatable bonds is 3. The molecule has 0 spiro atoms. The van der Waals surface area contributed by atoms with Gasteiger partial charge in [-0.2, -0.15) is 0 Å². The van der Waals surface area contributed by atoms with E-state index >= 15 is 0 Å². The van der Waals surface area contributed by atoms with E-state index in [4.69, 9.17) is 0 Å². The molecule has 0 amide bonds. The summed E-state index contributed by atoms with van der Waals surface area (Å²) in [7, 11) is -1.84. The maximum Gasteiger partial charge on any atom is 0.266 e. The zero-order valence-electron chi connectivity index (χ0n) is 9.21. The number of hydrogen-bond acceptors (Lipinski definition) is 1. The van der Waals surface area contributed by atoms with Crippen LogP contribution in [0.3, 0.4) is 0 Å². The van der Waals surface area contributed by atoms with Crippen LogP contribution in [-0.2, 0) is 4.79 Å². The van der Waals surface area contributed by atoms with Gasteiger partial charge in [-0.1, -0.05) is 36.4 Å². The van der Waals surface area contributed by atoms with Gasteiger partial charge in [0.2, 0.25) is 0 Å². The number of carbonyl (C=O) groups excluding carboxylic acids is 1. The van der Waals surface area contributed by atoms with Gasteiger partial charge >= 0.3 is 0 Å². The van der Waals surface area contributed by atoms with Crippen LogP contribution in [0.15, 0.2) is 60.7 Å². The molecule has 0 saturated heterocycles. The Balaban J connectivity index is 2.53. The van der Waals surface area contributed by atoms with E-state index in [0.717, 1.165) is 16.6 Å². The molecule has 0 fully saturated rings. The Kier molecular flexibility index (Phi) is 3.17. The van der Waals surface area contributed by atoms with Crippen molar-refractivity contribution in [2.45, 2.75) is 0 Å². The van der Waals surface area contributed by atoms with Gasteiger partial charge in [0, 0.05) is 0 Å². The topological polar surface area (TPSA) is 17.1 Å². The minimum Gasteiger partial charge on any atom is -0.256 e. The van der Waals surface area contributed by atoms with Crippen LogP contribution in [0.4, 0.5) is 0 Å². The summed E-state index contributed by atoms with van der Waals surface area (Å²) in [6.07, 6.45) is 0. The fourth-order valence-corrected chi connectivity index (χ4v) is 3.87. The van der Waals surface area contributed by atoms with Crippen LogP contribution in [-0.4, -0.2) is 12.7 Å². The van der Waals surface area contributed by atoms with Crippen LogP contribution >= 0.6 is 7.26 Å². The highest BCUT2D eigenvalue weighted by atomic mass is 31.2. The number of carbonyl (C=O) groups is 1. The highest BCUT2D eigenvalue weighted by Crippen LogP contribution is 2.48. The van der Waals surface area contributed by atoms with Crippen molar-refractivity contribution in [3.05, 3.63) is 60.7 Å². The molecule has 0 N–H and O–H groups in total. The summed E-state index contributed by atoms with van der Waals surface area (Å²) in [6.45, 7) is 2.06. The Hall–Kier alpha value is -1.46. The lowest BCUT2D eigenvalue weighted by Gasteiger charge is -2.15. The summed E-state index contributed by atoms with van der Waals surface area (Å²) in [5.74, 6) is 0. The SMILES string of the molecule is C[P+](C=O)(c1ccccc1)c1ccccc1. The molecule has 0 aliphatic carbocycles. The minimum atomic E-state index is -1.84. The van der Waals surface area contributed by atoms with Crippen molar-refractivity contribution in [2.24, 2.45) is 0 Å². The molecule has 0 atom stereocenters. The monoisotopic (exact) mass is 229 g/mol. The molecule has 2 aromatic carbocycles. The van der Waals surface area contributed by atoms with E-state index in [0.29, 0.717) is 0 Å². The second-order valence-electron chi connectivity index (χ2n) is 3.85. The lowest BCUT2D eigenvalue weighted by molar-refractivity contribution is 0.569. The maximum absolute atomic E-state index is 11.5. The van der Waals surface area contributed by atoms with Crippen LogP contribution in [0.25, 0.3) is 0 Å². The standard InChI is InChI=1S/C14H14OP/c1-16(12-15,13-8-4-2-5-9-13)14-10-6-3-7-11-14/h2-12H,1H3/q+1. The molecule has 0 bridgehead atoms. The lowest BCUT2D eigenvalue weighted by atomic mass is 10.4. The minimum absolute atomic E-state index is 1.12. The molecular weight excluding hydrogens is 215 g/mol. The first-order chi connectivity index (χ1) is 7.77. The molecule has 80 valence electrons. The third-order valence-electron chi connectivity index (χ3n) is 2.80. The summed E-state index contributed by atoms with van der Waals surface area (Å²) in [5, 5.41) is 2.27. The van der Waals surface area contributed by atoms with Gasteiger partial charge in [-0.05, 0) is 24.3 Å². The molecule has 2 heteroatoms. The average Bonchev–Trinajstić information content (AvgIpc) is 2.40. The van der Waals surface area contributed by atoms with E-state index in [1.54, 1.807) is 0 Å². The van der Waals surface area contributed by atoms with E-state index in [2.05, 4.69) is 6.66 Å². The van der Waals surface area contributed by atoms with Gasteiger partial charge in [-0.3, -0.25) is 4.79 Å². The van der Waals surface area contributed by atoms with E-state index < -0.39 is 7.26 Å².